The van der Waals surface area contributed by atoms with Crippen molar-refractivity contribution in [2.45, 2.75) is 51.2 Å². The second-order valence-electron chi connectivity index (χ2n) is 5.21. The number of nitrogen functional groups attached to an aromatic ring is 1. The first kappa shape index (κ1) is 14.8. The minimum Gasteiger partial charge on any atom is -0.490 e. The monoisotopic (exact) mass is 280 g/mol. The van der Waals surface area contributed by atoms with Crippen LogP contribution in [0.2, 0.25) is 0 Å². The van der Waals surface area contributed by atoms with Crippen LogP contribution in [0, 0.1) is 0 Å². The van der Waals surface area contributed by atoms with Gasteiger partial charge in [-0.05, 0) is 25.7 Å². The maximum Gasteiger partial charge on any atom is 0.203 e. The van der Waals surface area contributed by atoms with E-state index in [1.165, 1.54) is 6.33 Å². The normalized spacial score (nSPS) is 21.4. The molecule has 1 unspecified atom stereocenters. The van der Waals surface area contributed by atoms with Crippen molar-refractivity contribution in [3.8, 4) is 5.75 Å². The molecule has 0 bridgehead atoms. The van der Waals surface area contributed by atoms with E-state index < -0.39 is 0 Å². The number of nitrogens with zero attached hydrogens (tertiary/aromatic N) is 2. The van der Waals surface area contributed by atoms with Crippen molar-refractivity contribution in [2.24, 2.45) is 0 Å². The quantitative estimate of drug-likeness (QED) is 0.860. The van der Waals surface area contributed by atoms with Crippen molar-refractivity contribution in [1.29, 1.82) is 0 Å². The molecule has 1 aromatic heterocycles. The summed E-state index contributed by atoms with van der Waals surface area (Å²) in [6, 6.07) is 0.312. The summed E-state index contributed by atoms with van der Waals surface area (Å²) in [4.78, 5) is 8.18. The lowest BCUT2D eigenvalue weighted by atomic mass is 9.86. The Balaban J connectivity index is 2.12. The van der Waals surface area contributed by atoms with E-state index in [4.69, 9.17) is 15.2 Å². The van der Waals surface area contributed by atoms with Crippen LogP contribution >= 0.6 is 0 Å². The minimum absolute atomic E-state index is 0.0261. The van der Waals surface area contributed by atoms with Crippen molar-refractivity contribution >= 4 is 11.6 Å². The largest absolute Gasteiger partial charge is 0.490 e. The lowest BCUT2D eigenvalue weighted by molar-refractivity contribution is -0.0864. The highest BCUT2D eigenvalue weighted by molar-refractivity contribution is 5.61. The number of nitrogens with two attached hydrogens (primary N) is 1. The third-order valence-electron chi connectivity index (χ3n) is 4.16. The Morgan fingerprint density at radius 2 is 2.20 bits per heavy atom. The van der Waals surface area contributed by atoms with Crippen molar-refractivity contribution in [1.82, 2.24) is 9.97 Å². The van der Waals surface area contributed by atoms with Crippen LogP contribution in [0.4, 0.5) is 11.6 Å². The zero-order valence-corrected chi connectivity index (χ0v) is 12.5. The van der Waals surface area contributed by atoms with Crippen molar-refractivity contribution < 1.29 is 9.47 Å². The molecule has 1 aliphatic rings. The van der Waals surface area contributed by atoms with Gasteiger partial charge in [0.05, 0.1) is 12.7 Å². The summed E-state index contributed by atoms with van der Waals surface area (Å²) >= 11 is 0. The molecule has 1 atom stereocenters. The molecule has 1 aliphatic heterocycles. The van der Waals surface area contributed by atoms with Crippen molar-refractivity contribution in [3.05, 3.63) is 6.33 Å². The summed E-state index contributed by atoms with van der Waals surface area (Å²) in [6.45, 7) is 5.12. The molecule has 0 aliphatic carbocycles. The average molecular weight is 280 g/mol. The molecule has 20 heavy (non-hydrogen) atoms. The molecule has 2 heterocycles. The van der Waals surface area contributed by atoms with Gasteiger partial charge < -0.3 is 20.5 Å². The molecule has 1 fully saturated rings. The van der Waals surface area contributed by atoms with Gasteiger partial charge >= 0.3 is 0 Å². The molecule has 2 rings (SSSR count). The second kappa shape index (κ2) is 6.26. The Morgan fingerprint density at radius 1 is 1.45 bits per heavy atom. The van der Waals surface area contributed by atoms with E-state index in [1.807, 2.05) is 0 Å². The van der Waals surface area contributed by atoms with E-state index in [0.717, 1.165) is 32.3 Å². The zero-order valence-electron chi connectivity index (χ0n) is 12.5. The SMILES string of the molecule is CCC1(CC)CC(Nc2ncnc(N)c2OC)CCO1. The van der Waals surface area contributed by atoms with Crippen molar-refractivity contribution in [2.75, 3.05) is 24.8 Å². The highest BCUT2D eigenvalue weighted by Crippen LogP contribution is 2.34. The van der Waals surface area contributed by atoms with Gasteiger partial charge in [-0.1, -0.05) is 13.8 Å². The van der Waals surface area contributed by atoms with E-state index in [-0.39, 0.29) is 5.60 Å². The predicted octanol–water partition coefficient (Wildman–Crippen LogP) is 2.22. The molecule has 0 saturated carbocycles. The molecule has 6 nitrogen and oxygen atoms in total. The molecule has 1 saturated heterocycles. The minimum atomic E-state index is -0.0261. The summed E-state index contributed by atoms with van der Waals surface area (Å²) in [6.07, 6.45) is 5.41. The van der Waals surface area contributed by atoms with Crippen LogP contribution in [-0.4, -0.2) is 35.3 Å². The van der Waals surface area contributed by atoms with E-state index in [1.54, 1.807) is 7.11 Å². The van der Waals surface area contributed by atoms with Crippen LogP contribution in [0.1, 0.15) is 39.5 Å². The second-order valence-corrected chi connectivity index (χ2v) is 5.21. The van der Waals surface area contributed by atoms with Gasteiger partial charge in [0.15, 0.2) is 11.6 Å². The highest BCUT2D eigenvalue weighted by atomic mass is 16.5. The topological polar surface area (TPSA) is 82.3 Å². The van der Waals surface area contributed by atoms with Gasteiger partial charge in [-0.3, -0.25) is 0 Å². The summed E-state index contributed by atoms with van der Waals surface area (Å²) in [5, 5.41) is 3.43. The third kappa shape index (κ3) is 2.95. The number of anilines is 2. The Kier molecular flexibility index (Phi) is 4.65. The Morgan fingerprint density at radius 3 is 2.85 bits per heavy atom. The zero-order chi connectivity index (χ0) is 14.6. The van der Waals surface area contributed by atoms with E-state index >= 15 is 0 Å². The van der Waals surface area contributed by atoms with Crippen LogP contribution in [-0.2, 0) is 4.74 Å². The van der Waals surface area contributed by atoms with Crippen molar-refractivity contribution in [3.63, 3.8) is 0 Å². The van der Waals surface area contributed by atoms with Gasteiger partial charge in [0, 0.05) is 12.6 Å². The number of nitrogens with one attached hydrogen (secondary N) is 1. The van der Waals surface area contributed by atoms with Gasteiger partial charge in [0.25, 0.3) is 0 Å². The molecule has 6 heteroatoms. The fraction of sp³-hybridized carbons (Fsp3) is 0.714. The van der Waals surface area contributed by atoms with Gasteiger partial charge in [-0.2, -0.15) is 0 Å². The first-order valence-electron chi connectivity index (χ1n) is 7.19. The third-order valence-corrected chi connectivity index (χ3v) is 4.16. The lowest BCUT2D eigenvalue weighted by Gasteiger charge is -2.40. The van der Waals surface area contributed by atoms with E-state index in [9.17, 15) is 0 Å². The molecule has 0 spiro atoms. The van der Waals surface area contributed by atoms with Gasteiger partial charge in [-0.25, -0.2) is 9.97 Å². The maximum atomic E-state index is 5.98. The van der Waals surface area contributed by atoms with Gasteiger partial charge in [-0.15, -0.1) is 0 Å². The molecular formula is C14H24N4O2. The number of hydrogen-bond acceptors (Lipinski definition) is 6. The summed E-state index contributed by atoms with van der Waals surface area (Å²) in [5.74, 6) is 1.53. The first-order chi connectivity index (χ1) is 9.64. The van der Waals surface area contributed by atoms with E-state index in [0.29, 0.717) is 23.4 Å². The van der Waals surface area contributed by atoms with Crippen LogP contribution in [0.15, 0.2) is 6.33 Å². The van der Waals surface area contributed by atoms with Crippen LogP contribution in [0.25, 0.3) is 0 Å². The number of methoxy groups -OCH3 is 1. The molecule has 3 N–H and O–H groups in total. The number of rotatable bonds is 5. The van der Waals surface area contributed by atoms with Gasteiger partial charge in [0.2, 0.25) is 5.75 Å². The Bertz CT molecular complexity index is 449. The molecule has 0 radical (unpaired) electrons. The Labute approximate surface area is 120 Å². The molecule has 0 amide bonds. The maximum absolute atomic E-state index is 5.98. The number of hydrogen-bond donors (Lipinski definition) is 2. The molecular weight excluding hydrogens is 256 g/mol. The van der Waals surface area contributed by atoms with Crippen LogP contribution in [0.3, 0.4) is 0 Å². The molecule has 112 valence electrons. The average Bonchev–Trinajstić information content (AvgIpc) is 2.48. The summed E-state index contributed by atoms with van der Waals surface area (Å²) < 4.78 is 11.3. The first-order valence-corrected chi connectivity index (χ1v) is 7.19. The standard InChI is InChI=1S/C14H24N4O2/c1-4-14(5-2)8-10(6-7-20-14)18-13-11(19-3)12(15)16-9-17-13/h9-10H,4-8H2,1-3H3,(H3,15,16,17,18). The van der Waals surface area contributed by atoms with Crippen LogP contribution in [0.5, 0.6) is 5.75 Å². The predicted molar refractivity (Wildman–Crippen MR) is 78.9 cm³/mol. The summed E-state index contributed by atoms with van der Waals surface area (Å²) in [7, 11) is 1.58. The number of aromatic nitrogens is 2. The summed E-state index contributed by atoms with van der Waals surface area (Å²) in [5.41, 5.74) is 5.78. The van der Waals surface area contributed by atoms with E-state index in [2.05, 4.69) is 29.1 Å². The fourth-order valence-corrected chi connectivity index (χ4v) is 2.78. The molecule has 0 aromatic carbocycles. The smallest absolute Gasteiger partial charge is 0.203 e. The lowest BCUT2D eigenvalue weighted by Crippen LogP contribution is -2.43. The number of ether oxygens (including phenoxy) is 2. The Hall–Kier alpha value is -1.56. The molecule has 1 aromatic rings. The van der Waals surface area contributed by atoms with Crippen LogP contribution < -0.4 is 15.8 Å². The fourth-order valence-electron chi connectivity index (χ4n) is 2.78. The van der Waals surface area contributed by atoms with Gasteiger partial charge in [0.1, 0.15) is 6.33 Å². The highest BCUT2D eigenvalue weighted by Gasteiger charge is 2.34.